The quantitative estimate of drug-likeness (QED) is 0.373. The zero-order valence-corrected chi connectivity index (χ0v) is 16.2. The molecule has 2 aromatic heterocycles. The van der Waals surface area contributed by atoms with E-state index in [9.17, 15) is 4.79 Å². The molecule has 4 aromatic rings. The fraction of sp³-hybridized carbons (Fsp3) is 0. The summed E-state index contributed by atoms with van der Waals surface area (Å²) in [7, 11) is 0. The second-order valence-corrected chi connectivity index (χ2v) is 7.28. The van der Waals surface area contributed by atoms with Crippen molar-refractivity contribution in [2.24, 2.45) is 5.10 Å². The van der Waals surface area contributed by atoms with Gasteiger partial charge in [0.25, 0.3) is 5.91 Å². The van der Waals surface area contributed by atoms with Gasteiger partial charge in [-0.1, -0.05) is 48.0 Å². The highest BCUT2D eigenvalue weighted by Crippen LogP contribution is 2.25. The SMILES string of the molecule is O=C(N/N=C\c1cn(-c2ccccc2)nc1-c1cccc(Cl)c1)c1cccs1. The number of halogens is 1. The first kappa shape index (κ1) is 18.2. The lowest BCUT2D eigenvalue weighted by molar-refractivity contribution is 0.0959. The lowest BCUT2D eigenvalue weighted by Crippen LogP contribution is -2.16. The second-order valence-electron chi connectivity index (χ2n) is 5.90. The maximum atomic E-state index is 12.1. The number of hydrogen-bond donors (Lipinski definition) is 1. The average Bonchev–Trinajstić information content (AvgIpc) is 3.39. The molecule has 0 aliphatic heterocycles. The third-order valence-corrected chi connectivity index (χ3v) is 5.08. The van der Waals surface area contributed by atoms with Gasteiger partial charge in [-0.05, 0) is 35.7 Å². The molecule has 0 aliphatic carbocycles. The highest BCUT2D eigenvalue weighted by Gasteiger charge is 2.12. The van der Waals surface area contributed by atoms with Gasteiger partial charge in [0, 0.05) is 22.3 Å². The maximum Gasteiger partial charge on any atom is 0.281 e. The van der Waals surface area contributed by atoms with Crippen molar-refractivity contribution in [2.75, 3.05) is 0 Å². The number of benzene rings is 2. The number of aromatic nitrogens is 2. The van der Waals surface area contributed by atoms with Crippen molar-refractivity contribution in [1.82, 2.24) is 15.2 Å². The number of rotatable bonds is 5. The predicted molar refractivity (Wildman–Crippen MR) is 113 cm³/mol. The van der Waals surface area contributed by atoms with E-state index >= 15 is 0 Å². The van der Waals surface area contributed by atoms with Crippen LogP contribution < -0.4 is 5.43 Å². The summed E-state index contributed by atoms with van der Waals surface area (Å²) in [6, 6.07) is 20.8. The Morgan fingerprint density at radius 3 is 2.71 bits per heavy atom. The average molecular weight is 407 g/mol. The molecular formula is C21H15ClN4OS. The molecule has 2 heterocycles. The van der Waals surface area contributed by atoms with Crippen LogP contribution in [0.5, 0.6) is 0 Å². The van der Waals surface area contributed by atoms with E-state index < -0.39 is 0 Å². The van der Waals surface area contributed by atoms with Gasteiger partial charge in [0.1, 0.15) is 5.69 Å². The lowest BCUT2D eigenvalue weighted by Gasteiger charge is -2.01. The standard InChI is InChI=1S/C21H15ClN4OS/c22-17-7-4-6-15(12-17)20-16(13-23-24-21(27)19-10-5-11-28-19)14-26(25-20)18-8-2-1-3-9-18/h1-14H,(H,24,27)/b23-13-. The normalized spacial score (nSPS) is 11.0. The molecule has 138 valence electrons. The number of hydrazone groups is 1. The van der Waals surface area contributed by atoms with Crippen molar-refractivity contribution >= 4 is 35.1 Å². The Balaban J connectivity index is 1.67. The third-order valence-electron chi connectivity index (χ3n) is 3.98. The van der Waals surface area contributed by atoms with Gasteiger partial charge in [-0.3, -0.25) is 4.79 Å². The van der Waals surface area contributed by atoms with Gasteiger partial charge in [-0.25, -0.2) is 10.1 Å². The molecule has 0 atom stereocenters. The molecule has 0 spiro atoms. The summed E-state index contributed by atoms with van der Waals surface area (Å²) < 4.78 is 1.78. The number of carbonyl (C=O) groups excluding carboxylic acids is 1. The van der Waals surface area contributed by atoms with E-state index in [1.807, 2.05) is 72.2 Å². The molecule has 0 radical (unpaired) electrons. The van der Waals surface area contributed by atoms with Gasteiger partial charge in [0.2, 0.25) is 0 Å². The molecule has 0 unspecified atom stereocenters. The van der Waals surface area contributed by atoms with Crippen LogP contribution in [-0.2, 0) is 0 Å². The maximum absolute atomic E-state index is 12.1. The van der Waals surface area contributed by atoms with Crippen LogP contribution in [0.15, 0.2) is 83.4 Å². The molecule has 1 amide bonds. The number of nitrogens with one attached hydrogen (secondary N) is 1. The Labute approximate surface area is 170 Å². The Bertz CT molecular complexity index is 1120. The zero-order chi connectivity index (χ0) is 19.3. The first-order valence-electron chi connectivity index (χ1n) is 8.48. The minimum absolute atomic E-state index is 0.244. The summed E-state index contributed by atoms with van der Waals surface area (Å²) in [6.45, 7) is 0. The molecule has 0 fully saturated rings. The van der Waals surface area contributed by atoms with Crippen LogP contribution in [0.4, 0.5) is 0 Å². The molecule has 0 saturated carbocycles. The summed E-state index contributed by atoms with van der Waals surface area (Å²) in [6.07, 6.45) is 3.46. The Kier molecular flexibility index (Phi) is 5.32. The van der Waals surface area contributed by atoms with Crippen molar-refractivity contribution < 1.29 is 4.79 Å². The zero-order valence-electron chi connectivity index (χ0n) is 14.6. The molecule has 7 heteroatoms. The highest BCUT2D eigenvalue weighted by molar-refractivity contribution is 7.12. The molecule has 4 rings (SSSR count). The Morgan fingerprint density at radius 1 is 1.11 bits per heavy atom. The second kappa shape index (κ2) is 8.21. The predicted octanol–water partition coefficient (Wildman–Crippen LogP) is 5.02. The Hall–Kier alpha value is -3.22. The van der Waals surface area contributed by atoms with E-state index in [1.54, 1.807) is 17.0 Å². The van der Waals surface area contributed by atoms with Crippen LogP contribution in [0.25, 0.3) is 16.9 Å². The molecule has 0 aliphatic rings. The van der Waals surface area contributed by atoms with Crippen LogP contribution in [0.1, 0.15) is 15.2 Å². The van der Waals surface area contributed by atoms with Crippen molar-refractivity contribution in [3.63, 3.8) is 0 Å². The summed E-state index contributed by atoms with van der Waals surface area (Å²) in [5, 5.41) is 11.3. The van der Waals surface area contributed by atoms with E-state index in [-0.39, 0.29) is 5.91 Å². The summed E-state index contributed by atoms with van der Waals surface area (Å²) >= 11 is 7.51. The molecule has 0 bridgehead atoms. The van der Waals surface area contributed by atoms with E-state index in [1.165, 1.54) is 11.3 Å². The van der Waals surface area contributed by atoms with Crippen LogP contribution in [0.3, 0.4) is 0 Å². The van der Waals surface area contributed by atoms with Crippen LogP contribution in [0.2, 0.25) is 5.02 Å². The van der Waals surface area contributed by atoms with Gasteiger partial charge < -0.3 is 0 Å². The van der Waals surface area contributed by atoms with Gasteiger partial charge in [0.15, 0.2) is 0 Å². The fourth-order valence-corrected chi connectivity index (χ4v) is 3.48. The number of amides is 1. The molecule has 5 nitrogen and oxygen atoms in total. The summed E-state index contributed by atoms with van der Waals surface area (Å²) in [5.41, 5.74) is 5.83. The molecule has 1 N–H and O–H groups in total. The van der Waals surface area contributed by atoms with E-state index in [0.717, 1.165) is 22.5 Å². The highest BCUT2D eigenvalue weighted by atomic mass is 35.5. The number of nitrogens with zero attached hydrogens (tertiary/aromatic N) is 3. The number of carbonyl (C=O) groups is 1. The minimum Gasteiger partial charge on any atom is -0.266 e. The van der Waals surface area contributed by atoms with Gasteiger partial charge in [0.05, 0.1) is 16.8 Å². The molecule has 28 heavy (non-hydrogen) atoms. The molecule has 2 aromatic carbocycles. The number of para-hydroxylation sites is 1. The third kappa shape index (κ3) is 4.03. The topological polar surface area (TPSA) is 59.3 Å². The summed E-state index contributed by atoms with van der Waals surface area (Å²) in [4.78, 5) is 12.7. The van der Waals surface area contributed by atoms with Gasteiger partial charge in [-0.2, -0.15) is 10.2 Å². The van der Waals surface area contributed by atoms with Crippen molar-refractivity contribution in [2.45, 2.75) is 0 Å². The van der Waals surface area contributed by atoms with Gasteiger partial charge in [-0.15, -0.1) is 11.3 Å². The van der Waals surface area contributed by atoms with E-state index in [2.05, 4.69) is 10.5 Å². The van der Waals surface area contributed by atoms with Crippen molar-refractivity contribution in [3.05, 3.63) is 93.8 Å². The summed E-state index contributed by atoms with van der Waals surface area (Å²) in [5.74, 6) is -0.244. The van der Waals surface area contributed by atoms with Crippen molar-refractivity contribution in [3.8, 4) is 16.9 Å². The largest absolute Gasteiger partial charge is 0.281 e. The van der Waals surface area contributed by atoms with E-state index in [4.69, 9.17) is 16.7 Å². The lowest BCUT2D eigenvalue weighted by atomic mass is 10.1. The van der Waals surface area contributed by atoms with Crippen LogP contribution >= 0.6 is 22.9 Å². The molecule has 0 saturated heterocycles. The number of thiophene rings is 1. The van der Waals surface area contributed by atoms with Gasteiger partial charge >= 0.3 is 0 Å². The van der Waals surface area contributed by atoms with E-state index in [0.29, 0.717) is 9.90 Å². The monoisotopic (exact) mass is 406 g/mol. The number of hydrogen-bond acceptors (Lipinski definition) is 4. The first-order chi connectivity index (χ1) is 13.7. The first-order valence-corrected chi connectivity index (χ1v) is 9.74. The van der Waals surface area contributed by atoms with Crippen LogP contribution in [0, 0.1) is 0 Å². The minimum atomic E-state index is -0.244. The van der Waals surface area contributed by atoms with Crippen LogP contribution in [-0.4, -0.2) is 21.9 Å². The van der Waals surface area contributed by atoms with Crippen molar-refractivity contribution in [1.29, 1.82) is 0 Å². The Morgan fingerprint density at radius 2 is 1.96 bits per heavy atom. The molecular weight excluding hydrogens is 392 g/mol. The smallest absolute Gasteiger partial charge is 0.266 e. The fourth-order valence-electron chi connectivity index (χ4n) is 2.68.